The average Bonchev–Trinajstić information content (AvgIpc) is 2.46. The minimum Gasteiger partial charge on any atom is -0.493 e. The Morgan fingerprint density at radius 1 is 1.37 bits per heavy atom. The van der Waals surface area contributed by atoms with Crippen molar-refractivity contribution < 1.29 is 4.74 Å². The molecular weight excluding hydrogens is 234 g/mol. The minimum absolute atomic E-state index is 0.856. The van der Waals surface area contributed by atoms with Crippen LogP contribution in [0.4, 0.5) is 0 Å². The summed E-state index contributed by atoms with van der Waals surface area (Å²) in [4.78, 5) is 0. The molecular formula is C17H25NO. The van der Waals surface area contributed by atoms with Crippen LogP contribution in [0.25, 0.3) is 5.57 Å². The molecule has 0 amide bonds. The number of hydrogen-bond donors (Lipinski definition) is 1. The van der Waals surface area contributed by atoms with E-state index in [0.717, 1.165) is 44.7 Å². The Morgan fingerprint density at radius 2 is 2.26 bits per heavy atom. The predicted molar refractivity (Wildman–Crippen MR) is 81.7 cm³/mol. The lowest BCUT2D eigenvalue weighted by Crippen LogP contribution is -2.15. The topological polar surface area (TPSA) is 21.3 Å². The molecule has 0 bridgehead atoms. The van der Waals surface area contributed by atoms with E-state index in [0.29, 0.717) is 0 Å². The van der Waals surface area contributed by atoms with Crippen molar-refractivity contribution in [3.05, 3.63) is 35.4 Å². The van der Waals surface area contributed by atoms with E-state index in [1.165, 1.54) is 23.1 Å². The van der Waals surface area contributed by atoms with Gasteiger partial charge < -0.3 is 10.1 Å². The van der Waals surface area contributed by atoms with Crippen LogP contribution in [-0.2, 0) is 6.42 Å². The van der Waals surface area contributed by atoms with Crippen LogP contribution in [0.3, 0.4) is 0 Å². The van der Waals surface area contributed by atoms with Crippen LogP contribution >= 0.6 is 0 Å². The molecule has 0 aliphatic carbocycles. The highest BCUT2D eigenvalue weighted by atomic mass is 16.5. The maximum absolute atomic E-state index is 5.86. The largest absolute Gasteiger partial charge is 0.493 e. The van der Waals surface area contributed by atoms with Gasteiger partial charge in [-0.25, -0.2) is 0 Å². The molecule has 104 valence electrons. The van der Waals surface area contributed by atoms with Crippen molar-refractivity contribution in [3.8, 4) is 5.75 Å². The van der Waals surface area contributed by atoms with E-state index in [9.17, 15) is 0 Å². The van der Waals surface area contributed by atoms with Crippen molar-refractivity contribution >= 4 is 5.57 Å². The van der Waals surface area contributed by atoms with Gasteiger partial charge in [-0.3, -0.25) is 0 Å². The SMILES string of the molecule is CCCNCC/C=C(/C)c1cccc2c1OCCC2. The van der Waals surface area contributed by atoms with E-state index >= 15 is 0 Å². The van der Waals surface area contributed by atoms with Gasteiger partial charge in [0.2, 0.25) is 0 Å². The Kier molecular flexibility index (Phi) is 5.46. The first-order valence-electron chi connectivity index (χ1n) is 7.45. The molecule has 1 aliphatic rings. The van der Waals surface area contributed by atoms with E-state index in [1.54, 1.807) is 0 Å². The molecule has 1 N–H and O–H groups in total. The van der Waals surface area contributed by atoms with Crippen LogP contribution in [0.1, 0.15) is 44.2 Å². The third-order valence-electron chi connectivity index (χ3n) is 3.56. The number of aryl methyl sites for hydroxylation is 1. The highest BCUT2D eigenvalue weighted by molar-refractivity contribution is 5.70. The molecule has 1 aromatic carbocycles. The van der Waals surface area contributed by atoms with E-state index in [2.05, 4.69) is 43.4 Å². The smallest absolute Gasteiger partial charge is 0.129 e. The number of rotatable bonds is 6. The standard InChI is InChI=1S/C17H25NO/c1-3-11-18-12-5-7-14(2)16-10-4-8-15-9-6-13-19-17(15)16/h4,7-8,10,18H,3,5-6,9,11-13H2,1-2H3/b14-7-. The molecule has 0 atom stereocenters. The molecule has 2 heteroatoms. The zero-order valence-electron chi connectivity index (χ0n) is 12.2. The maximum Gasteiger partial charge on any atom is 0.129 e. The second-order valence-corrected chi connectivity index (χ2v) is 5.17. The Hall–Kier alpha value is -1.28. The fourth-order valence-electron chi connectivity index (χ4n) is 2.50. The van der Waals surface area contributed by atoms with Gasteiger partial charge in [0.25, 0.3) is 0 Å². The van der Waals surface area contributed by atoms with Gasteiger partial charge in [-0.05, 0) is 56.8 Å². The molecule has 0 unspecified atom stereocenters. The summed E-state index contributed by atoms with van der Waals surface area (Å²) >= 11 is 0. The van der Waals surface area contributed by atoms with Gasteiger partial charge in [-0.1, -0.05) is 31.2 Å². The molecule has 0 saturated carbocycles. The van der Waals surface area contributed by atoms with Crippen molar-refractivity contribution in [1.82, 2.24) is 5.32 Å². The lowest BCUT2D eigenvalue weighted by Gasteiger charge is -2.20. The van der Waals surface area contributed by atoms with Gasteiger partial charge in [0.05, 0.1) is 6.61 Å². The third-order valence-corrected chi connectivity index (χ3v) is 3.56. The molecule has 2 rings (SSSR count). The van der Waals surface area contributed by atoms with Crippen LogP contribution < -0.4 is 10.1 Å². The molecule has 2 nitrogen and oxygen atoms in total. The first-order valence-corrected chi connectivity index (χ1v) is 7.45. The summed E-state index contributed by atoms with van der Waals surface area (Å²) in [6.07, 6.45) is 6.88. The minimum atomic E-state index is 0.856. The Bertz CT molecular complexity index is 437. The van der Waals surface area contributed by atoms with Crippen LogP contribution in [-0.4, -0.2) is 19.7 Å². The van der Waals surface area contributed by atoms with Crippen molar-refractivity contribution in [2.45, 2.75) is 39.5 Å². The van der Waals surface area contributed by atoms with Gasteiger partial charge in [0.1, 0.15) is 5.75 Å². The Labute approximate surface area is 116 Å². The summed E-state index contributed by atoms with van der Waals surface area (Å²) in [6.45, 7) is 7.40. The number of ether oxygens (including phenoxy) is 1. The van der Waals surface area contributed by atoms with Crippen LogP contribution in [0.15, 0.2) is 24.3 Å². The lowest BCUT2D eigenvalue weighted by molar-refractivity contribution is 0.287. The van der Waals surface area contributed by atoms with Gasteiger partial charge >= 0.3 is 0 Å². The Balaban J connectivity index is 2.02. The number of fused-ring (bicyclic) bond motifs is 1. The van der Waals surface area contributed by atoms with E-state index in [-0.39, 0.29) is 0 Å². The first kappa shape index (κ1) is 14.1. The van der Waals surface area contributed by atoms with Crippen LogP contribution in [0.5, 0.6) is 5.75 Å². The highest BCUT2D eigenvalue weighted by Gasteiger charge is 2.14. The fraction of sp³-hybridized carbons (Fsp3) is 0.529. The number of benzene rings is 1. The van der Waals surface area contributed by atoms with Crippen LogP contribution in [0, 0.1) is 0 Å². The van der Waals surface area contributed by atoms with Crippen LogP contribution in [0.2, 0.25) is 0 Å². The summed E-state index contributed by atoms with van der Waals surface area (Å²) in [5.74, 6) is 1.11. The van der Waals surface area contributed by atoms with Gasteiger partial charge in [0.15, 0.2) is 0 Å². The summed E-state index contributed by atoms with van der Waals surface area (Å²) in [6, 6.07) is 6.51. The zero-order valence-corrected chi connectivity index (χ0v) is 12.2. The van der Waals surface area contributed by atoms with E-state index in [4.69, 9.17) is 4.74 Å². The zero-order chi connectivity index (χ0) is 13.5. The third kappa shape index (κ3) is 3.84. The first-order chi connectivity index (χ1) is 9.33. The monoisotopic (exact) mass is 259 g/mol. The van der Waals surface area contributed by atoms with Gasteiger partial charge in [0, 0.05) is 5.56 Å². The molecule has 0 saturated heterocycles. The van der Waals surface area contributed by atoms with Crippen molar-refractivity contribution in [2.24, 2.45) is 0 Å². The quantitative estimate of drug-likeness (QED) is 0.784. The van der Waals surface area contributed by atoms with Gasteiger partial charge in [-0.2, -0.15) is 0 Å². The second-order valence-electron chi connectivity index (χ2n) is 5.17. The summed E-state index contributed by atoms with van der Waals surface area (Å²) in [5.41, 5.74) is 3.96. The Morgan fingerprint density at radius 3 is 3.11 bits per heavy atom. The average molecular weight is 259 g/mol. The molecule has 0 radical (unpaired) electrons. The highest BCUT2D eigenvalue weighted by Crippen LogP contribution is 2.33. The number of para-hydroxylation sites is 1. The van der Waals surface area contributed by atoms with E-state index in [1.807, 2.05) is 0 Å². The molecule has 0 aromatic heterocycles. The van der Waals surface area contributed by atoms with Crippen molar-refractivity contribution in [2.75, 3.05) is 19.7 Å². The summed E-state index contributed by atoms with van der Waals surface area (Å²) in [5, 5.41) is 3.43. The van der Waals surface area contributed by atoms with E-state index < -0.39 is 0 Å². The number of hydrogen-bond acceptors (Lipinski definition) is 2. The van der Waals surface area contributed by atoms with Crippen molar-refractivity contribution in [3.63, 3.8) is 0 Å². The second kappa shape index (κ2) is 7.34. The molecule has 1 aliphatic heterocycles. The number of allylic oxidation sites excluding steroid dienone is 1. The molecule has 1 heterocycles. The summed E-state index contributed by atoms with van der Waals surface area (Å²) < 4.78 is 5.86. The van der Waals surface area contributed by atoms with Crippen molar-refractivity contribution in [1.29, 1.82) is 0 Å². The summed E-state index contributed by atoms with van der Waals surface area (Å²) in [7, 11) is 0. The lowest BCUT2D eigenvalue weighted by atomic mass is 9.98. The van der Waals surface area contributed by atoms with Gasteiger partial charge in [-0.15, -0.1) is 0 Å². The molecule has 0 fully saturated rings. The fourth-order valence-corrected chi connectivity index (χ4v) is 2.50. The predicted octanol–water partition coefficient (Wildman–Crippen LogP) is 3.80. The number of nitrogens with one attached hydrogen (secondary N) is 1. The molecule has 19 heavy (non-hydrogen) atoms. The molecule has 0 spiro atoms. The maximum atomic E-state index is 5.86. The normalized spacial score (nSPS) is 14.9. The molecule has 1 aromatic rings.